The third kappa shape index (κ3) is 3.11. The first-order valence-corrected chi connectivity index (χ1v) is 8.56. The number of hydrogen-bond donors (Lipinski definition) is 1. The van der Waals surface area contributed by atoms with Crippen molar-refractivity contribution in [2.75, 3.05) is 12.4 Å². The van der Waals surface area contributed by atoms with Gasteiger partial charge in [-0.05, 0) is 30.3 Å². The van der Waals surface area contributed by atoms with E-state index in [1.165, 1.54) is 18.5 Å². The molecule has 4 rings (SSSR count). The highest BCUT2D eigenvalue weighted by Gasteiger charge is 2.33. The molecular formula is C20H16F3N3O2. The molecule has 3 aromatic rings. The molecule has 2 aromatic carbocycles. The largest absolute Gasteiger partial charge is 0.496 e. The number of carbonyl (C=O) groups is 1. The van der Waals surface area contributed by atoms with Gasteiger partial charge in [0.25, 0.3) is 0 Å². The number of amides is 1. The normalized spacial score (nSPS) is 16.4. The van der Waals surface area contributed by atoms with Gasteiger partial charge in [0.2, 0.25) is 5.91 Å². The number of hydrogen-bond acceptors (Lipinski definition) is 3. The number of para-hydroxylation sites is 1. The van der Waals surface area contributed by atoms with E-state index in [0.29, 0.717) is 22.9 Å². The van der Waals surface area contributed by atoms with E-state index in [4.69, 9.17) is 4.74 Å². The van der Waals surface area contributed by atoms with Gasteiger partial charge in [-0.15, -0.1) is 0 Å². The van der Waals surface area contributed by atoms with E-state index in [1.807, 2.05) is 24.3 Å². The molecule has 0 aliphatic carbocycles. The lowest BCUT2D eigenvalue weighted by Gasteiger charge is -2.24. The summed E-state index contributed by atoms with van der Waals surface area (Å²) in [5.41, 5.74) is 1.21. The second kappa shape index (κ2) is 6.70. The predicted octanol–water partition coefficient (Wildman–Crippen LogP) is 4.37. The number of rotatable bonds is 3. The number of aromatic nitrogens is 2. The molecule has 1 unspecified atom stereocenters. The van der Waals surface area contributed by atoms with Crippen LogP contribution < -0.4 is 10.1 Å². The van der Waals surface area contributed by atoms with Crippen molar-refractivity contribution in [3.8, 4) is 11.4 Å². The summed E-state index contributed by atoms with van der Waals surface area (Å²) >= 11 is 0. The van der Waals surface area contributed by atoms with Crippen LogP contribution in [0.1, 0.15) is 29.2 Å². The first kappa shape index (κ1) is 18.1. The third-order valence-electron chi connectivity index (χ3n) is 4.76. The van der Waals surface area contributed by atoms with Crippen molar-refractivity contribution in [1.29, 1.82) is 0 Å². The minimum Gasteiger partial charge on any atom is -0.496 e. The molecule has 5 nitrogen and oxygen atoms in total. The smallest absolute Gasteiger partial charge is 0.416 e. The van der Waals surface area contributed by atoms with E-state index < -0.39 is 11.7 Å². The summed E-state index contributed by atoms with van der Waals surface area (Å²) < 4.78 is 45.4. The van der Waals surface area contributed by atoms with Crippen LogP contribution in [0.15, 0.2) is 54.9 Å². The summed E-state index contributed by atoms with van der Waals surface area (Å²) in [6.45, 7) is 0. The van der Waals surface area contributed by atoms with Crippen molar-refractivity contribution in [2.24, 2.45) is 0 Å². The number of nitrogens with zero attached hydrogens (tertiary/aromatic N) is 2. The Hall–Kier alpha value is -3.29. The number of halogens is 3. The highest BCUT2D eigenvalue weighted by Crippen LogP contribution is 2.40. The molecule has 1 aliphatic rings. The van der Waals surface area contributed by atoms with Crippen molar-refractivity contribution >= 4 is 11.7 Å². The number of methoxy groups -OCH3 is 1. The number of carbonyl (C=O) groups excluding carboxylic acids is 1. The fraction of sp³-hybridized carbons (Fsp3) is 0.200. The lowest BCUT2D eigenvalue weighted by Crippen LogP contribution is -2.25. The van der Waals surface area contributed by atoms with Crippen LogP contribution >= 0.6 is 0 Å². The Bertz CT molecular complexity index is 1030. The summed E-state index contributed by atoms with van der Waals surface area (Å²) in [5.74, 6) is 0.594. The van der Waals surface area contributed by atoms with Gasteiger partial charge in [0, 0.05) is 23.6 Å². The summed E-state index contributed by atoms with van der Waals surface area (Å²) in [7, 11) is 1.56. The van der Waals surface area contributed by atoms with E-state index in [0.717, 1.165) is 17.7 Å². The average molecular weight is 387 g/mol. The molecule has 1 aromatic heterocycles. The first-order valence-electron chi connectivity index (χ1n) is 8.56. The van der Waals surface area contributed by atoms with Gasteiger partial charge in [-0.3, -0.25) is 9.36 Å². The minimum absolute atomic E-state index is 0.197. The standard InChI is InChI=1S/C20H16F3N3O2/c1-28-16-5-3-2-4-14(16)15-10-17(27)25-19-18(15)24-11-26(19)13-8-6-12(7-9-13)20(21,22)23/h2-9,11,15H,10H2,1H3,(H,25,27). The maximum absolute atomic E-state index is 12.8. The molecule has 1 amide bonds. The first-order chi connectivity index (χ1) is 13.4. The van der Waals surface area contributed by atoms with Gasteiger partial charge in [-0.1, -0.05) is 18.2 Å². The monoisotopic (exact) mass is 387 g/mol. The van der Waals surface area contributed by atoms with Crippen LogP contribution in [0.4, 0.5) is 19.0 Å². The highest BCUT2D eigenvalue weighted by molar-refractivity contribution is 5.94. The molecule has 0 bridgehead atoms. The van der Waals surface area contributed by atoms with E-state index in [2.05, 4.69) is 10.3 Å². The van der Waals surface area contributed by atoms with Crippen molar-refractivity contribution < 1.29 is 22.7 Å². The van der Waals surface area contributed by atoms with Gasteiger partial charge in [-0.2, -0.15) is 13.2 Å². The lowest BCUT2D eigenvalue weighted by atomic mass is 9.89. The molecule has 0 spiro atoms. The van der Waals surface area contributed by atoms with E-state index in [9.17, 15) is 18.0 Å². The molecule has 28 heavy (non-hydrogen) atoms. The van der Waals surface area contributed by atoms with Crippen molar-refractivity contribution in [3.05, 3.63) is 71.7 Å². The van der Waals surface area contributed by atoms with E-state index in [-0.39, 0.29) is 18.2 Å². The SMILES string of the molecule is COc1ccccc1C1CC(=O)Nc2c1ncn2-c1ccc(C(F)(F)F)cc1. The van der Waals surface area contributed by atoms with Gasteiger partial charge in [0.1, 0.15) is 17.9 Å². The summed E-state index contributed by atoms with van der Waals surface area (Å²) in [6, 6.07) is 12.1. The van der Waals surface area contributed by atoms with Gasteiger partial charge < -0.3 is 10.1 Å². The average Bonchev–Trinajstić information content (AvgIpc) is 3.10. The van der Waals surface area contributed by atoms with Gasteiger partial charge in [0.15, 0.2) is 0 Å². The van der Waals surface area contributed by atoms with Gasteiger partial charge in [0.05, 0.1) is 18.4 Å². The molecule has 0 saturated heterocycles. The van der Waals surface area contributed by atoms with Gasteiger partial charge >= 0.3 is 6.18 Å². The van der Waals surface area contributed by atoms with Crippen LogP contribution in [0.3, 0.4) is 0 Å². The van der Waals surface area contributed by atoms with Crippen LogP contribution in [-0.4, -0.2) is 22.6 Å². The number of imidazole rings is 1. The maximum atomic E-state index is 12.8. The molecule has 1 N–H and O–H groups in total. The third-order valence-corrected chi connectivity index (χ3v) is 4.76. The zero-order chi connectivity index (χ0) is 19.9. The number of ether oxygens (including phenoxy) is 1. The molecule has 0 saturated carbocycles. The molecular weight excluding hydrogens is 371 g/mol. The number of nitrogens with one attached hydrogen (secondary N) is 1. The van der Waals surface area contributed by atoms with Crippen LogP contribution in [0.25, 0.3) is 5.69 Å². The topological polar surface area (TPSA) is 56.1 Å². The molecule has 2 heterocycles. The Morgan fingerprint density at radius 3 is 2.54 bits per heavy atom. The van der Waals surface area contributed by atoms with Crippen molar-refractivity contribution in [2.45, 2.75) is 18.5 Å². The predicted molar refractivity (Wildman–Crippen MR) is 96.6 cm³/mol. The van der Waals surface area contributed by atoms with E-state index >= 15 is 0 Å². The molecule has 1 aliphatic heterocycles. The molecule has 1 atom stereocenters. The fourth-order valence-corrected chi connectivity index (χ4v) is 3.42. The Kier molecular flexibility index (Phi) is 4.33. The molecule has 0 radical (unpaired) electrons. The molecule has 8 heteroatoms. The number of anilines is 1. The number of fused-ring (bicyclic) bond motifs is 1. The Balaban J connectivity index is 1.77. The van der Waals surface area contributed by atoms with Crippen LogP contribution in [-0.2, 0) is 11.0 Å². The Morgan fingerprint density at radius 2 is 1.86 bits per heavy atom. The molecule has 144 valence electrons. The second-order valence-corrected chi connectivity index (χ2v) is 6.44. The fourth-order valence-electron chi connectivity index (χ4n) is 3.42. The minimum atomic E-state index is -4.41. The summed E-state index contributed by atoms with van der Waals surface area (Å²) in [4.78, 5) is 16.8. The number of alkyl halides is 3. The second-order valence-electron chi connectivity index (χ2n) is 6.44. The Morgan fingerprint density at radius 1 is 1.14 bits per heavy atom. The maximum Gasteiger partial charge on any atom is 0.416 e. The summed E-state index contributed by atoms with van der Waals surface area (Å²) in [6.07, 6.45) is -2.70. The van der Waals surface area contributed by atoms with Crippen molar-refractivity contribution in [1.82, 2.24) is 9.55 Å². The van der Waals surface area contributed by atoms with Crippen LogP contribution in [0.5, 0.6) is 5.75 Å². The molecule has 0 fully saturated rings. The van der Waals surface area contributed by atoms with E-state index in [1.54, 1.807) is 11.7 Å². The van der Waals surface area contributed by atoms with Crippen LogP contribution in [0, 0.1) is 0 Å². The summed E-state index contributed by atoms with van der Waals surface area (Å²) in [5, 5.41) is 2.79. The highest BCUT2D eigenvalue weighted by atomic mass is 19.4. The zero-order valence-electron chi connectivity index (χ0n) is 14.8. The lowest BCUT2D eigenvalue weighted by molar-refractivity contribution is -0.137. The number of benzene rings is 2. The quantitative estimate of drug-likeness (QED) is 0.726. The van der Waals surface area contributed by atoms with Crippen LogP contribution in [0.2, 0.25) is 0 Å². The van der Waals surface area contributed by atoms with Crippen molar-refractivity contribution in [3.63, 3.8) is 0 Å². The Labute approximate surface area is 158 Å². The zero-order valence-corrected chi connectivity index (χ0v) is 14.8. The van der Waals surface area contributed by atoms with Gasteiger partial charge in [-0.25, -0.2) is 4.98 Å².